The van der Waals surface area contributed by atoms with Crippen LogP contribution in [0.4, 0.5) is 0 Å². The van der Waals surface area contributed by atoms with Crippen molar-refractivity contribution < 1.29 is 80.2 Å². The lowest BCUT2D eigenvalue weighted by Gasteiger charge is -2.21. The van der Waals surface area contributed by atoms with Crippen LogP contribution in [0, 0.1) is 11.8 Å². The minimum atomic E-state index is -4.95. The Balaban J connectivity index is 5.24. The molecule has 0 amide bonds. The zero-order chi connectivity index (χ0) is 65.7. The fourth-order valence-electron chi connectivity index (χ4n) is 10.6. The molecule has 0 spiro atoms. The van der Waals surface area contributed by atoms with Crippen molar-refractivity contribution in [2.75, 3.05) is 39.6 Å². The van der Waals surface area contributed by atoms with Gasteiger partial charge in [-0.15, -0.1) is 0 Å². The largest absolute Gasteiger partial charge is 0.472 e. The van der Waals surface area contributed by atoms with Crippen LogP contribution in [-0.2, 0) is 65.4 Å². The van der Waals surface area contributed by atoms with E-state index in [0.29, 0.717) is 31.6 Å². The first-order valence-corrected chi connectivity index (χ1v) is 39.5. The lowest BCUT2D eigenvalue weighted by atomic mass is 10.0. The number of carbonyl (C=O) groups excluding carboxylic acids is 4. The summed E-state index contributed by atoms with van der Waals surface area (Å²) in [5.41, 5.74) is 0. The van der Waals surface area contributed by atoms with Gasteiger partial charge in [-0.25, -0.2) is 9.13 Å². The van der Waals surface area contributed by atoms with Gasteiger partial charge in [0.15, 0.2) is 12.2 Å². The summed E-state index contributed by atoms with van der Waals surface area (Å²) >= 11 is 0. The first kappa shape index (κ1) is 87.1. The summed E-state index contributed by atoms with van der Waals surface area (Å²) in [4.78, 5) is 72.5. The smallest absolute Gasteiger partial charge is 0.462 e. The maximum atomic E-state index is 13.0. The van der Waals surface area contributed by atoms with Crippen LogP contribution in [0.15, 0.2) is 0 Å². The molecule has 19 heteroatoms. The van der Waals surface area contributed by atoms with Crippen molar-refractivity contribution in [1.29, 1.82) is 0 Å². The summed E-state index contributed by atoms with van der Waals surface area (Å²) in [6, 6.07) is 0. The molecule has 0 radical (unpaired) electrons. The molecule has 2 unspecified atom stereocenters. The molecule has 0 bridgehead atoms. The van der Waals surface area contributed by atoms with E-state index in [4.69, 9.17) is 37.0 Å². The highest BCUT2D eigenvalue weighted by molar-refractivity contribution is 7.47. The van der Waals surface area contributed by atoms with E-state index in [9.17, 15) is 43.2 Å². The van der Waals surface area contributed by atoms with Crippen LogP contribution in [0.25, 0.3) is 0 Å². The Labute approximate surface area is 543 Å². The standard InChI is InChI=1S/C70H136O17P2/c1-7-9-11-13-15-17-19-20-21-25-29-35-41-47-53-68(73)81-58-65(86-69(74)54-48-42-36-30-26-23-22-24-27-32-38-44-50-62(3)4)60-84-88(76,77)82-56-64(71)57-83-89(78,79)85-61-66(87-70(75)55-49-43-37-31-33-39-45-51-63(5)6)59-80-67(72)52-46-40-34-28-18-16-14-12-10-8-2/h62-66,71H,7-61H2,1-6H3,(H,76,77)(H,78,79)/t64-,65-,66-/m1/s1. The van der Waals surface area contributed by atoms with Crippen LogP contribution < -0.4 is 0 Å². The van der Waals surface area contributed by atoms with Crippen LogP contribution in [0.3, 0.4) is 0 Å². The number of esters is 4. The minimum absolute atomic E-state index is 0.104. The third-order valence-corrected chi connectivity index (χ3v) is 18.1. The molecule has 0 saturated carbocycles. The Morgan fingerprint density at radius 2 is 0.517 bits per heavy atom. The molecule has 0 aromatic rings. The maximum absolute atomic E-state index is 13.0. The van der Waals surface area contributed by atoms with Crippen molar-refractivity contribution in [3.05, 3.63) is 0 Å². The van der Waals surface area contributed by atoms with Crippen molar-refractivity contribution in [2.45, 2.75) is 374 Å². The van der Waals surface area contributed by atoms with Crippen LogP contribution in [0.1, 0.15) is 356 Å². The monoisotopic (exact) mass is 1310 g/mol. The highest BCUT2D eigenvalue weighted by Gasteiger charge is 2.30. The molecular formula is C70H136O17P2. The second kappa shape index (κ2) is 62.2. The van der Waals surface area contributed by atoms with Crippen LogP contribution in [0.5, 0.6) is 0 Å². The van der Waals surface area contributed by atoms with E-state index in [-0.39, 0.29) is 25.7 Å². The number of phosphoric ester groups is 2. The molecule has 17 nitrogen and oxygen atoms in total. The summed E-state index contributed by atoms with van der Waals surface area (Å²) in [6.45, 7) is 9.49. The predicted octanol–water partition coefficient (Wildman–Crippen LogP) is 20.0. The summed E-state index contributed by atoms with van der Waals surface area (Å²) in [5.74, 6) is -0.653. The van der Waals surface area contributed by atoms with E-state index in [1.54, 1.807) is 0 Å². The number of hydrogen-bond donors (Lipinski definition) is 3. The molecule has 89 heavy (non-hydrogen) atoms. The van der Waals surface area contributed by atoms with Crippen LogP contribution in [-0.4, -0.2) is 96.7 Å². The Morgan fingerprint density at radius 1 is 0.303 bits per heavy atom. The van der Waals surface area contributed by atoms with E-state index in [0.717, 1.165) is 95.8 Å². The maximum Gasteiger partial charge on any atom is 0.472 e. The van der Waals surface area contributed by atoms with E-state index in [1.807, 2.05) is 0 Å². The van der Waals surface area contributed by atoms with Gasteiger partial charge in [-0.3, -0.25) is 37.3 Å². The highest BCUT2D eigenvalue weighted by atomic mass is 31.2. The zero-order valence-corrected chi connectivity index (χ0v) is 59.5. The van der Waals surface area contributed by atoms with Gasteiger partial charge in [0.05, 0.1) is 26.4 Å². The van der Waals surface area contributed by atoms with E-state index in [2.05, 4.69) is 41.5 Å². The molecule has 0 aliphatic rings. The van der Waals surface area contributed by atoms with Gasteiger partial charge >= 0.3 is 39.5 Å². The van der Waals surface area contributed by atoms with Crippen molar-refractivity contribution in [3.8, 4) is 0 Å². The van der Waals surface area contributed by atoms with Gasteiger partial charge in [0.2, 0.25) is 0 Å². The summed E-state index contributed by atoms with van der Waals surface area (Å²) in [6.07, 6.45) is 47.2. The summed E-state index contributed by atoms with van der Waals surface area (Å²) < 4.78 is 68.3. The Kier molecular flexibility index (Phi) is 60.8. The van der Waals surface area contributed by atoms with Crippen LogP contribution in [0.2, 0.25) is 0 Å². The third-order valence-electron chi connectivity index (χ3n) is 16.2. The number of unbranched alkanes of at least 4 members (excludes halogenated alkanes) is 39. The van der Waals surface area contributed by atoms with Gasteiger partial charge < -0.3 is 33.8 Å². The Hall–Kier alpha value is -1.94. The SMILES string of the molecule is CCCCCCCCCCCCCCCCC(=O)OC[C@H](COP(=O)(O)OC[C@@H](O)COP(=O)(O)OC[C@@H](COC(=O)CCCCCCCCCCCC)OC(=O)CCCCCCCCCC(C)C)OC(=O)CCCCCCCCCCCCCCC(C)C. The molecule has 0 heterocycles. The number of aliphatic hydroxyl groups is 1. The van der Waals surface area contributed by atoms with Gasteiger partial charge in [-0.1, -0.05) is 305 Å². The average molecular weight is 1310 g/mol. The topological polar surface area (TPSA) is 237 Å². The molecule has 0 aromatic carbocycles. The van der Waals surface area contributed by atoms with Gasteiger partial charge in [-0.2, -0.15) is 0 Å². The first-order valence-electron chi connectivity index (χ1n) is 36.5. The lowest BCUT2D eigenvalue weighted by molar-refractivity contribution is -0.161. The molecule has 0 aromatic heterocycles. The molecular weight excluding hydrogens is 1170 g/mol. The number of hydrogen-bond acceptors (Lipinski definition) is 15. The number of ether oxygens (including phenoxy) is 4. The normalized spacial score (nSPS) is 14.1. The molecule has 528 valence electrons. The molecule has 0 aliphatic heterocycles. The number of rotatable bonds is 69. The zero-order valence-electron chi connectivity index (χ0n) is 57.7. The molecule has 5 atom stereocenters. The lowest BCUT2D eigenvalue weighted by Crippen LogP contribution is -2.30. The molecule has 3 N–H and O–H groups in total. The van der Waals surface area contributed by atoms with Gasteiger partial charge in [0, 0.05) is 25.7 Å². The third kappa shape index (κ3) is 64.6. The van der Waals surface area contributed by atoms with E-state index < -0.39 is 97.5 Å². The van der Waals surface area contributed by atoms with Crippen molar-refractivity contribution in [3.63, 3.8) is 0 Å². The summed E-state index contributed by atoms with van der Waals surface area (Å²) in [7, 11) is -9.90. The number of aliphatic hydroxyl groups excluding tert-OH is 1. The Bertz CT molecular complexity index is 1730. The second-order valence-electron chi connectivity index (χ2n) is 26.2. The van der Waals surface area contributed by atoms with Crippen molar-refractivity contribution in [2.24, 2.45) is 11.8 Å². The number of phosphoric acid groups is 2. The predicted molar refractivity (Wildman–Crippen MR) is 358 cm³/mol. The second-order valence-corrected chi connectivity index (χ2v) is 29.1. The van der Waals surface area contributed by atoms with E-state index >= 15 is 0 Å². The first-order chi connectivity index (χ1) is 42.9. The Morgan fingerprint density at radius 3 is 0.764 bits per heavy atom. The van der Waals surface area contributed by atoms with Crippen LogP contribution >= 0.6 is 15.6 Å². The summed E-state index contributed by atoms with van der Waals surface area (Å²) in [5, 5.41) is 10.6. The molecule has 0 aliphatic carbocycles. The van der Waals surface area contributed by atoms with Gasteiger partial charge in [0.1, 0.15) is 19.3 Å². The van der Waals surface area contributed by atoms with Crippen molar-refractivity contribution in [1.82, 2.24) is 0 Å². The molecule has 0 saturated heterocycles. The van der Waals surface area contributed by atoms with E-state index in [1.165, 1.54) is 173 Å². The fraction of sp³-hybridized carbons (Fsp3) is 0.943. The quantitative estimate of drug-likeness (QED) is 0.0222. The average Bonchev–Trinajstić information content (AvgIpc) is 3.67. The molecule has 0 fully saturated rings. The van der Waals surface area contributed by atoms with Gasteiger partial charge in [0.25, 0.3) is 0 Å². The number of carbonyl (C=O) groups is 4. The van der Waals surface area contributed by atoms with Crippen molar-refractivity contribution >= 4 is 39.5 Å². The fourth-order valence-corrected chi connectivity index (χ4v) is 12.2. The molecule has 0 rings (SSSR count). The minimum Gasteiger partial charge on any atom is -0.462 e. The highest BCUT2D eigenvalue weighted by Crippen LogP contribution is 2.45. The van der Waals surface area contributed by atoms with Gasteiger partial charge in [-0.05, 0) is 37.5 Å².